The molecule has 4 nitrogen and oxygen atoms in total. The van der Waals surface area contributed by atoms with Crippen LogP contribution in [-0.4, -0.2) is 8.42 Å². The summed E-state index contributed by atoms with van der Waals surface area (Å²) in [4.78, 5) is 0.0380. The minimum Gasteiger partial charge on any atom is -0.377 e. The Morgan fingerprint density at radius 2 is 1.70 bits per heavy atom. The Bertz CT molecular complexity index is 1260. The zero-order chi connectivity index (χ0) is 21.9. The largest absolute Gasteiger partial charge is 0.377 e. The topological polar surface area (TPSA) is 67.2 Å². The monoisotopic (exact) mass is 565 g/mol. The van der Waals surface area contributed by atoms with Gasteiger partial charge in [-0.1, -0.05) is 57.4 Å². The van der Waals surface area contributed by atoms with Crippen LogP contribution in [0.1, 0.15) is 16.7 Å². The van der Waals surface area contributed by atoms with E-state index in [1.54, 1.807) is 54.6 Å². The highest BCUT2D eigenvalue weighted by molar-refractivity contribution is 9.11. The van der Waals surface area contributed by atoms with Crippen molar-refractivity contribution in [1.29, 1.82) is 5.26 Å². The molecule has 8 heteroatoms. The molecule has 0 N–H and O–H groups in total. The lowest BCUT2D eigenvalue weighted by Gasteiger charge is -2.13. The number of nitriles is 1. The molecule has 0 fully saturated rings. The van der Waals surface area contributed by atoms with Crippen LogP contribution in [0.25, 0.3) is 11.6 Å². The van der Waals surface area contributed by atoms with Gasteiger partial charge in [0.15, 0.2) is 5.75 Å². The molecule has 0 radical (unpaired) electrons. The molecule has 0 aliphatic heterocycles. The van der Waals surface area contributed by atoms with Crippen molar-refractivity contribution in [3.05, 3.63) is 91.3 Å². The normalized spacial score (nSPS) is 11.8. The Morgan fingerprint density at radius 1 is 1.07 bits per heavy atom. The van der Waals surface area contributed by atoms with Gasteiger partial charge in [-0.05, 0) is 70.9 Å². The van der Waals surface area contributed by atoms with E-state index in [9.17, 15) is 13.7 Å². The molecule has 0 saturated carbocycles. The van der Waals surface area contributed by atoms with Crippen LogP contribution in [0.15, 0.2) is 74.5 Å². The van der Waals surface area contributed by atoms with Crippen molar-refractivity contribution in [2.45, 2.75) is 11.8 Å². The minimum atomic E-state index is -4.08. The Kier molecular flexibility index (Phi) is 7.04. The first-order valence-corrected chi connectivity index (χ1v) is 11.9. The van der Waals surface area contributed by atoms with E-state index < -0.39 is 10.1 Å². The molecule has 0 unspecified atom stereocenters. The second kappa shape index (κ2) is 9.36. The summed E-state index contributed by atoms with van der Waals surface area (Å²) >= 11 is 12.7. The summed E-state index contributed by atoms with van der Waals surface area (Å²) in [7, 11) is -4.08. The van der Waals surface area contributed by atoms with Gasteiger partial charge >= 0.3 is 10.1 Å². The van der Waals surface area contributed by atoms with E-state index in [-0.39, 0.29) is 10.6 Å². The summed E-state index contributed by atoms with van der Waals surface area (Å²) in [5, 5.41) is 10.2. The highest BCUT2D eigenvalue weighted by Gasteiger charge is 2.21. The van der Waals surface area contributed by atoms with Crippen LogP contribution in [0.4, 0.5) is 0 Å². The van der Waals surface area contributed by atoms with E-state index in [1.165, 1.54) is 12.1 Å². The summed E-state index contributed by atoms with van der Waals surface area (Å²) in [5.74, 6) is 0.0838. The number of allylic oxidation sites excluding steroid dienone is 1. The van der Waals surface area contributed by atoms with Crippen molar-refractivity contribution in [2.24, 2.45) is 0 Å². The number of hydrogen-bond donors (Lipinski definition) is 0. The predicted octanol–water partition coefficient (Wildman–Crippen LogP) is 7.01. The van der Waals surface area contributed by atoms with Gasteiger partial charge in [-0.15, -0.1) is 0 Å². The zero-order valence-electron chi connectivity index (χ0n) is 15.6. The maximum Gasteiger partial charge on any atom is 0.339 e. The first-order valence-electron chi connectivity index (χ1n) is 8.57. The number of halogens is 3. The highest BCUT2D eigenvalue weighted by Crippen LogP contribution is 2.37. The van der Waals surface area contributed by atoms with Crippen LogP contribution in [0, 0.1) is 18.3 Å². The number of hydrogen-bond acceptors (Lipinski definition) is 4. The number of aryl methyl sites for hydroxylation is 1. The molecule has 3 aromatic carbocycles. The maximum absolute atomic E-state index is 12.8. The van der Waals surface area contributed by atoms with Gasteiger partial charge in [0, 0.05) is 15.1 Å². The van der Waals surface area contributed by atoms with Crippen molar-refractivity contribution in [2.75, 3.05) is 0 Å². The van der Waals surface area contributed by atoms with E-state index in [0.29, 0.717) is 30.7 Å². The molecule has 0 heterocycles. The highest BCUT2D eigenvalue weighted by atomic mass is 79.9. The molecule has 3 rings (SSSR count). The van der Waals surface area contributed by atoms with Crippen LogP contribution in [0.3, 0.4) is 0 Å². The molecule has 0 spiro atoms. The van der Waals surface area contributed by atoms with E-state index in [4.69, 9.17) is 15.8 Å². The van der Waals surface area contributed by atoms with E-state index in [0.717, 1.165) is 5.56 Å². The van der Waals surface area contributed by atoms with Gasteiger partial charge in [0.1, 0.15) is 4.90 Å². The van der Waals surface area contributed by atoms with Gasteiger partial charge in [-0.25, -0.2) is 0 Å². The molecule has 0 amide bonds. The van der Waals surface area contributed by atoms with E-state index in [2.05, 4.69) is 37.9 Å². The van der Waals surface area contributed by atoms with Gasteiger partial charge in [0.25, 0.3) is 0 Å². The van der Waals surface area contributed by atoms with Gasteiger partial charge < -0.3 is 4.18 Å². The Morgan fingerprint density at radius 3 is 2.30 bits per heavy atom. The number of rotatable bonds is 5. The van der Waals surface area contributed by atoms with Gasteiger partial charge in [-0.3, -0.25) is 0 Å². The maximum atomic E-state index is 12.8. The molecular weight excluding hydrogens is 554 g/mol. The van der Waals surface area contributed by atoms with Crippen molar-refractivity contribution in [3.8, 4) is 11.8 Å². The van der Waals surface area contributed by atoms with Crippen LogP contribution in [0.5, 0.6) is 5.75 Å². The molecular formula is C22H14Br2ClNO3S. The molecule has 0 aromatic heterocycles. The predicted molar refractivity (Wildman–Crippen MR) is 126 cm³/mol. The lowest BCUT2D eigenvalue weighted by Crippen LogP contribution is -2.11. The third-order valence-corrected chi connectivity index (χ3v) is 6.65. The fraction of sp³-hybridized carbons (Fsp3) is 0.0455. The minimum absolute atomic E-state index is 0.0380. The average Bonchev–Trinajstić information content (AvgIpc) is 2.69. The second-order valence-electron chi connectivity index (χ2n) is 6.33. The van der Waals surface area contributed by atoms with Crippen molar-refractivity contribution >= 4 is 65.2 Å². The van der Waals surface area contributed by atoms with Gasteiger partial charge in [0.2, 0.25) is 0 Å². The van der Waals surface area contributed by atoms with E-state index >= 15 is 0 Å². The first-order chi connectivity index (χ1) is 14.2. The molecule has 152 valence electrons. The van der Waals surface area contributed by atoms with Crippen LogP contribution in [0.2, 0.25) is 5.02 Å². The zero-order valence-corrected chi connectivity index (χ0v) is 20.3. The molecule has 0 bridgehead atoms. The SMILES string of the molecule is Cc1ccc(S(=O)(=O)Oc2c(Br)cc(Br)cc2/C=C(\C#N)c2ccc(Cl)cc2)cc1. The van der Waals surface area contributed by atoms with Gasteiger partial charge in [-0.2, -0.15) is 13.7 Å². The van der Waals surface area contributed by atoms with Crippen molar-refractivity contribution in [3.63, 3.8) is 0 Å². The van der Waals surface area contributed by atoms with E-state index in [1.807, 2.05) is 6.92 Å². The van der Waals surface area contributed by atoms with Gasteiger partial charge in [0.05, 0.1) is 16.1 Å². The summed E-state index contributed by atoms with van der Waals surface area (Å²) in [5.41, 5.74) is 2.32. The Labute approximate surface area is 197 Å². The van der Waals surface area contributed by atoms with Crippen LogP contribution < -0.4 is 4.18 Å². The van der Waals surface area contributed by atoms with Crippen molar-refractivity contribution in [1.82, 2.24) is 0 Å². The smallest absolute Gasteiger partial charge is 0.339 e. The molecule has 30 heavy (non-hydrogen) atoms. The summed E-state index contributed by atoms with van der Waals surface area (Å²) in [6, 6.07) is 18.6. The summed E-state index contributed by atoms with van der Waals surface area (Å²) in [6.07, 6.45) is 1.57. The lowest BCUT2D eigenvalue weighted by atomic mass is 10.0. The average molecular weight is 568 g/mol. The number of benzene rings is 3. The Balaban J connectivity index is 2.09. The molecule has 0 aliphatic carbocycles. The molecule has 3 aromatic rings. The quantitative estimate of drug-likeness (QED) is 0.189. The Hall–Kier alpha value is -2.11. The number of nitrogens with zero attached hydrogens (tertiary/aromatic N) is 1. The standard InChI is InChI=1S/C22H14Br2ClNO3S/c1-14-2-8-20(9-3-14)30(27,28)29-22-16(11-18(23)12-21(22)24)10-17(13-26)15-4-6-19(25)7-5-15/h2-12H,1H3/b17-10+. The molecule has 0 atom stereocenters. The lowest BCUT2D eigenvalue weighted by molar-refractivity contribution is 0.484. The summed E-state index contributed by atoms with van der Waals surface area (Å²) in [6.45, 7) is 1.87. The van der Waals surface area contributed by atoms with Crippen molar-refractivity contribution < 1.29 is 12.6 Å². The third kappa shape index (κ3) is 5.32. The van der Waals surface area contributed by atoms with Crippen LogP contribution >= 0.6 is 43.5 Å². The second-order valence-corrected chi connectivity index (χ2v) is 10.1. The fourth-order valence-electron chi connectivity index (χ4n) is 2.60. The summed E-state index contributed by atoms with van der Waals surface area (Å²) < 4.78 is 32.2. The van der Waals surface area contributed by atoms with Crippen LogP contribution in [-0.2, 0) is 10.1 Å². The molecule has 0 saturated heterocycles. The first kappa shape index (κ1) is 22.6. The third-order valence-electron chi connectivity index (χ3n) is 4.12. The fourth-order valence-corrected chi connectivity index (χ4v) is 5.15. The molecule has 0 aliphatic rings.